The maximum Gasteiger partial charge on any atom is 0.337 e. The molecule has 0 bridgehead atoms. The number of Topliss-reactive ketones (excluding diaryl/α,β-unsaturated/α-hetero) is 1. The fourth-order valence-corrected chi connectivity index (χ4v) is 6.39. The number of hydrogen-bond acceptors (Lipinski definition) is 8. The molecule has 8 nitrogen and oxygen atoms in total. The molecule has 0 radical (unpaired) electrons. The molecule has 8 heteroatoms. The largest absolute Gasteiger partial charge is 0.504 e. The lowest BCUT2D eigenvalue weighted by Crippen LogP contribution is -2.57. The first-order valence-electron chi connectivity index (χ1n) is 12.1. The number of esters is 1. The van der Waals surface area contributed by atoms with E-state index in [0.29, 0.717) is 29.7 Å². The quantitative estimate of drug-likeness (QED) is 0.375. The molecule has 0 amide bonds. The standard InChI is InChI=1S/C27H32N2O6/c1-5-16-13-29-10-9-27(22(29)12-19(16)20(15-32-2)26(31)34-4)25(30)23-21(33-3)7-6-18(24(23)28-27)17-8-11-35-14-17/h6-8,11,14-16,19,22,28H,5,9-10,12-13H2,1-4H3/b20-15+/t16-,19+,22?,27+/m1/s1. The van der Waals surface area contributed by atoms with Crippen LogP contribution in [0.15, 0.2) is 47.0 Å². The summed E-state index contributed by atoms with van der Waals surface area (Å²) in [4.78, 5) is 29.3. The average Bonchev–Trinajstić information content (AvgIpc) is 3.61. The van der Waals surface area contributed by atoms with E-state index in [0.717, 1.165) is 36.3 Å². The summed E-state index contributed by atoms with van der Waals surface area (Å²) in [5.41, 5.74) is 2.92. The highest BCUT2D eigenvalue weighted by molar-refractivity contribution is 6.18. The summed E-state index contributed by atoms with van der Waals surface area (Å²) < 4.78 is 21.3. The van der Waals surface area contributed by atoms with Gasteiger partial charge in [0, 0.05) is 30.3 Å². The second-order valence-electron chi connectivity index (χ2n) is 9.57. The van der Waals surface area contributed by atoms with Gasteiger partial charge in [-0.3, -0.25) is 9.69 Å². The molecule has 1 unspecified atom stereocenters. The summed E-state index contributed by atoms with van der Waals surface area (Å²) in [5, 5.41) is 3.68. The van der Waals surface area contributed by atoms with Crippen LogP contribution in [0.2, 0.25) is 0 Å². The van der Waals surface area contributed by atoms with E-state index in [-0.39, 0.29) is 29.6 Å². The Balaban J connectivity index is 1.56. The van der Waals surface area contributed by atoms with E-state index in [2.05, 4.69) is 17.1 Å². The van der Waals surface area contributed by atoms with Crippen molar-refractivity contribution in [3.05, 3.63) is 48.1 Å². The Morgan fingerprint density at radius 1 is 1.29 bits per heavy atom. The molecule has 4 heterocycles. The minimum atomic E-state index is -0.791. The van der Waals surface area contributed by atoms with Crippen LogP contribution in [0.3, 0.4) is 0 Å². The summed E-state index contributed by atoms with van der Waals surface area (Å²) in [6, 6.07) is 5.62. The van der Waals surface area contributed by atoms with Crippen molar-refractivity contribution in [2.75, 3.05) is 39.7 Å². The Morgan fingerprint density at radius 3 is 2.77 bits per heavy atom. The highest BCUT2D eigenvalue weighted by Crippen LogP contribution is 2.52. The molecule has 1 N–H and O–H groups in total. The van der Waals surface area contributed by atoms with E-state index < -0.39 is 5.54 Å². The number of piperidine rings is 1. The summed E-state index contributed by atoms with van der Waals surface area (Å²) in [6.45, 7) is 3.76. The molecule has 0 saturated carbocycles. The number of nitrogens with one attached hydrogen (secondary N) is 1. The van der Waals surface area contributed by atoms with Gasteiger partial charge in [0.2, 0.25) is 0 Å². The topological polar surface area (TPSA) is 90.2 Å². The molecular weight excluding hydrogens is 448 g/mol. The van der Waals surface area contributed by atoms with Gasteiger partial charge < -0.3 is 23.9 Å². The molecule has 3 aliphatic heterocycles. The molecule has 0 aliphatic carbocycles. The van der Waals surface area contributed by atoms with Gasteiger partial charge in [0.05, 0.1) is 56.9 Å². The maximum absolute atomic E-state index is 14.2. The Labute approximate surface area is 205 Å². The molecule has 1 aromatic carbocycles. The molecule has 1 aromatic heterocycles. The molecule has 3 aliphatic rings. The van der Waals surface area contributed by atoms with Gasteiger partial charge in [-0.25, -0.2) is 4.79 Å². The average molecular weight is 481 g/mol. The maximum atomic E-state index is 14.2. The van der Waals surface area contributed by atoms with Crippen LogP contribution in [0.25, 0.3) is 11.1 Å². The summed E-state index contributed by atoms with van der Waals surface area (Å²) in [7, 11) is 4.52. The fraction of sp³-hybridized carbons (Fsp3) is 0.481. The van der Waals surface area contributed by atoms with Crippen molar-refractivity contribution in [2.24, 2.45) is 11.8 Å². The van der Waals surface area contributed by atoms with Crippen LogP contribution < -0.4 is 10.1 Å². The lowest BCUT2D eigenvalue weighted by atomic mass is 9.72. The second kappa shape index (κ2) is 9.07. The van der Waals surface area contributed by atoms with Crippen LogP contribution in [-0.2, 0) is 14.3 Å². The number of hydrogen-bond donors (Lipinski definition) is 1. The van der Waals surface area contributed by atoms with Crippen molar-refractivity contribution in [3.8, 4) is 16.9 Å². The van der Waals surface area contributed by atoms with Crippen molar-refractivity contribution in [1.82, 2.24) is 4.90 Å². The van der Waals surface area contributed by atoms with Crippen molar-refractivity contribution in [2.45, 2.75) is 37.8 Å². The van der Waals surface area contributed by atoms with E-state index in [1.807, 2.05) is 18.2 Å². The zero-order chi connectivity index (χ0) is 24.7. The SMILES string of the molecule is CC[C@@H]1CN2CC[C@]3(Nc4c(-c5ccoc5)ccc(OC)c4C3=O)C2C[C@@H]1/C(=C\OC)C(=O)OC. The second-order valence-corrected chi connectivity index (χ2v) is 9.57. The first-order valence-corrected chi connectivity index (χ1v) is 12.1. The van der Waals surface area contributed by atoms with Crippen LogP contribution in [0, 0.1) is 11.8 Å². The first kappa shape index (κ1) is 23.5. The van der Waals surface area contributed by atoms with Crippen LogP contribution >= 0.6 is 0 Å². The predicted octanol–water partition coefficient (Wildman–Crippen LogP) is 4.13. The van der Waals surface area contributed by atoms with E-state index >= 15 is 0 Å². The van der Waals surface area contributed by atoms with Crippen LogP contribution in [0.4, 0.5) is 5.69 Å². The number of rotatable bonds is 6. The third-order valence-electron chi connectivity index (χ3n) is 8.11. The van der Waals surface area contributed by atoms with Crippen LogP contribution in [-0.4, -0.2) is 62.7 Å². The van der Waals surface area contributed by atoms with Gasteiger partial charge in [0.15, 0.2) is 5.78 Å². The lowest BCUT2D eigenvalue weighted by molar-refractivity contribution is -0.137. The molecule has 2 aromatic rings. The summed E-state index contributed by atoms with van der Waals surface area (Å²) >= 11 is 0. The number of methoxy groups -OCH3 is 3. The molecular formula is C27H32N2O6. The summed E-state index contributed by atoms with van der Waals surface area (Å²) in [6.07, 6.45) is 7.07. The Hall–Kier alpha value is -3.26. The third kappa shape index (κ3) is 3.54. The number of benzene rings is 1. The van der Waals surface area contributed by atoms with Crippen molar-refractivity contribution in [3.63, 3.8) is 0 Å². The number of carbonyl (C=O) groups is 2. The van der Waals surface area contributed by atoms with E-state index in [4.69, 9.17) is 18.6 Å². The van der Waals surface area contributed by atoms with Gasteiger partial charge >= 0.3 is 5.97 Å². The smallest absolute Gasteiger partial charge is 0.337 e. The molecule has 2 saturated heterocycles. The number of ether oxygens (including phenoxy) is 3. The molecule has 2 fully saturated rings. The van der Waals surface area contributed by atoms with Gasteiger partial charge in [-0.15, -0.1) is 0 Å². The van der Waals surface area contributed by atoms with Gasteiger partial charge in [-0.2, -0.15) is 0 Å². The van der Waals surface area contributed by atoms with Crippen LogP contribution in [0.1, 0.15) is 36.5 Å². The highest BCUT2D eigenvalue weighted by atomic mass is 16.5. The van der Waals surface area contributed by atoms with Gasteiger partial charge in [0.1, 0.15) is 11.3 Å². The van der Waals surface area contributed by atoms with E-state index in [1.54, 1.807) is 26.7 Å². The number of anilines is 1. The monoisotopic (exact) mass is 480 g/mol. The predicted molar refractivity (Wildman–Crippen MR) is 130 cm³/mol. The molecule has 35 heavy (non-hydrogen) atoms. The Morgan fingerprint density at radius 2 is 2.11 bits per heavy atom. The molecule has 5 rings (SSSR count). The zero-order valence-corrected chi connectivity index (χ0v) is 20.6. The summed E-state index contributed by atoms with van der Waals surface area (Å²) in [5.74, 6) is 0.419. The minimum Gasteiger partial charge on any atom is -0.504 e. The first-order chi connectivity index (χ1) is 17.0. The Bertz CT molecular complexity index is 1160. The van der Waals surface area contributed by atoms with Crippen LogP contribution in [0.5, 0.6) is 5.75 Å². The Kier molecular flexibility index (Phi) is 6.09. The van der Waals surface area contributed by atoms with Gasteiger partial charge in [-0.05, 0) is 42.9 Å². The van der Waals surface area contributed by atoms with Gasteiger partial charge in [-0.1, -0.05) is 13.3 Å². The van der Waals surface area contributed by atoms with E-state index in [1.165, 1.54) is 13.4 Å². The van der Waals surface area contributed by atoms with Crippen molar-refractivity contribution >= 4 is 17.4 Å². The molecule has 186 valence electrons. The third-order valence-corrected chi connectivity index (χ3v) is 8.11. The number of furan rings is 1. The molecule has 1 spiro atoms. The number of nitrogens with zero attached hydrogens (tertiary/aromatic N) is 1. The lowest BCUT2D eigenvalue weighted by Gasteiger charge is -2.45. The normalized spacial score (nSPS) is 27.9. The molecule has 4 atom stereocenters. The fourth-order valence-electron chi connectivity index (χ4n) is 6.39. The van der Waals surface area contributed by atoms with Crippen molar-refractivity contribution in [1.29, 1.82) is 0 Å². The minimum absolute atomic E-state index is 0.0474. The number of fused-ring (bicyclic) bond motifs is 3. The highest BCUT2D eigenvalue weighted by Gasteiger charge is 2.60. The number of ketones is 1. The van der Waals surface area contributed by atoms with Crippen molar-refractivity contribution < 1.29 is 28.2 Å². The van der Waals surface area contributed by atoms with E-state index in [9.17, 15) is 9.59 Å². The number of carbonyl (C=O) groups excluding carboxylic acids is 2. The van der Waals surface area contributed by atoms with Gasteiger partial charge in [0.25, 0.3) is 0 Å². The zero-order valence-electron chi connectivity index (χ0n) is 20.6.